The summed E-state index contributed by atoms with van der Waals surface area (Å²) in [4.78, 5) is 14.4. The van der Waals surface area contributed by atoms with Crippen LogP contribution in [0.25, 0.3) is 17.2 Å². The minimum atomic E-state index is 0.747. The summed E-state index contributed by atoms with van der Waals surface area (Å²) in [6.07, 6.45) is 5.63. The second-order valence-electron chi connectivity index (χ2n) is 3.33. The van der Waals surface area contributed by atoms with E-state index in [1.807, 2.05) is 42.5 Å². The molecule has 0 aliphatic heterocycles. The number of pyridine rings is 1. The molecule has 16 heavy (non-hydrogen) atoms. The maximum atomic E-state index is 10.2. The van der Waals surface area contributed by atoms with Crippen LogP contribution in [-0.2, 0) is 4.79 Å². The van der Waals surface area contributed by atoms with Gasteiger partial charge in [-0.2, -0.15) is 0 Å². The second-order valence-corrected chi connectivity index (χ2v) is 3.33. The summed E-state index contributed by atoms with van der Waals surface area (Å²) in [5.74, 6) is 0. The van der Waals surface area contributed by atoms with Gasteiger partial charge in [-0.25, -0.2) is 0 Å². The van der Waals surface area contributed by atoms with Crippen LogP contribution < -0.4 is 0 Å². The topological polar surface area (TPSA) is 30.0 Å². The smallest absolute Gasteiger partial charge is 0.142 e. The highest BCUT2D eigenvalue weighted by Crippen LogP contribution is 2.18. The first-order valence-corrected chi connectivity index (χ1v) is 5.03. The van der Waals surface area contributed by atoms with Gasteiger partial charge in [-0.15, -0.1) is 0 Å². The monoisotopic (exact) mass is 209 g/mol. The van der Waals surface area contributed by atoms with Crippen LogP contribution in [0.15, 0.2) is 54.7 Å². The van der Waals surface area contributed by atoms with Gasteiger partial charge in [0.2, 0.25) is 0 Å². The van der Waals surface area contributed by atoms with Gasteiger partial charge in [0, 0.05) is 6.20 Å². The first-order chi connectivity index (χ1) is 7.90. The largest absolute Gasteiger partial charge is 0.299 e. The Hall–Kier alpha value is -2.22. The van der Waals surface area contributed by atoms with Gasteiger partial charge in [-0.1, -0.05) is 30.3 Å². The van der Waals surface area contributed by atoms with Crippen LogP contribution in [0, 0.1) is 0 Å². The Morgan fingerprint density at radius 1 is 1.00 bits per heavy atom. The Kier molecular flexibility index (Phi) is 3.24. The van der Waals surface area contributed by atoms with Gasteiger partial charge >= 0.3 is 0 Å². The Morgan fingerprint density at radius 2 is 1.81 bits per heavy atom. The lowest BCUT2D eigenvalue weighted by molar-refractivity contribution is -0.104. The molecule has 2 nitrogen and oxygen atoms in total. The fourth-order valence-electron chi connectivity index (χ4n) is 1.49. The lowest BCUT2D eigenvalue weighted by Crippen LogP contribution is -1.83. The van der Waals surface area contributed by atoms with E-state index in [1.54, 1.807) is 12.3 Å². The molecule has 0 N–H and O–H groups in total. The number of aldehydes is 1. The molecule has 0 radical (unpaired) electrons. The van der Waals surface area contributed by atoms with Crippen molar-refractivity contribution < 1.29 is 4.79 Å². The van der Waals surface area contributed by atoms with Crippen molar-refractivity contribution >= 4 is 12.4 Å². The summed E-state index contributed by atoms with van der Waals surface area (Å²) in [5.41, 5.74) is 3.03. The van der Waals surface area contributed by atoms with E-state index in [4.69, 9.17) is 0 Å². The molecule has 0 saturated heterocycles. The molecule has 0 bridgehead atoms. The zero-order chi connectivity index (χ0) is 11.2. The van der Waals surface area contributed by atoms with Gasteiger partial charge < -0.3 is 0 Å². The Labute approximate surface area is 94.3 Å². The number of hydrogen-bond acceptors (Lipinski definition) is 2. The van der Waals surface area contributed by atoms with E-state index in [0.717, 1.165) is 23.1 Å². The summed E-state index contributed by atoms with van der Waals surface area (Å²) in [5, 5.41) is 0. The third kappa shape index (κ3) is 2.42. The molecule has 2 rings (SSSR count). The summed E-state index contributed by atoms with van der Waals surface area (Å²) in [6, 6.07) is 14.0. The zero-order valence-corrected chi connectivity index (χ0v) is 8.71. The van der Waals surface area contributed by atoms with Crippen molar-refractivity contribution in [2.75, 3.05) is 0 Å². The molecule has 0 aliphatic carbocycles. The van der Waals surface area contributed by atoms with Crippen molar-refractivity contribution in [2.24, 2.45) is 0 Å². The van der Waals surface area contributed by atoms with Crippen LogP contribution in [0.5, 0.6) is 0 Å². The number of benzene rings is 1. The van der Waals surface area contributed by atoms with Crippen LogP contribution in [0.4, 0.5) is 0 Å². The van der Waals surface area contributed by atoms with Gasteiger partial charge in [0.25, 0.3) is 0 Å². The molecule has 0 fully saturated rings. The second kappa shape index (κ2) is 5.03. The SMILES string of the molecule is O=C/C=C/c1cc(-c2ccccc2)ccn1. The third-order valence-corrected chi connectivity index (χ3v) is 2.23. The van der Waals surface area contributed by atoms with Crippen LogP contribution in [0.2, 0.25) is 0 Å². The first-order valence-electron chi connectivity index (χ1n) is 5.03. The number of carbonyl (C=O) groups is 1. The molecule has 1 aromatic carbocycles. The Morgan fingerprint density at radius 3 is 2.56 bits per heavy atom. The van der Waals surface area contributed by atoms with Crippen LogP contribution in [-0.4, -0.2) is 11.3 Å². The van der Waals surface area contributed by atoms with Gasteiger partial charge in [-0.05, 0) is 35.4 Å². The fourth-order valence-corrected chi connectivity index (χ4v) is 1.49. The van der Waals surface area contributed by atoms with Crippen LogP contribution in [0.1, 0.15) is 5.69 Å². The number of rotatable bonds is 3. The van der Waals surface area contributed by atoms with E-state index < -0.39 is 0 Å². The number of hydrogen-bond donors (Lipinski definition) is 0. The molecule has 78 valence electrons. The molecule has 2 heteroatoms. The van der Waals surface area contributed by atoms with Crippen molar-refractivity contribution in [1.82, 2.24) is 4.98 Å². The zero-order valence-electron chi connectivity index (χ0n) is 8.71. The average Bonchev–Trinajstić information content (AvgIpc) is 2.38. The predicted octanol–water partition coefficient (Wildman–Crippen LogP) is 2.96. The lowest BCUT2D eigenvalue weighted by Gasteiger charge is -2.01. The van der Waals surface area contributed by atoms with Crippen LogP contribution >= 0.6 is 0 Å². The van der Waals surface area contributed by atoms with Crippen molar-refractivity contribution in [3.8, 4) is 11.1 Å². The standard InChI is InChI=1S/C14H11NO/c16-10-4-7-14-11-13(8-9-15-14)12-5-2-1-3-6-12/h1-11H/b7-4+. The average molecular weight is 209 g/mol. The summed E-state index contributed by atoms with van der Waals surface area (Å²) in [7, 11) is 0. The number of allylic oxidation sites excluding steroid dienone is 1. The first kappa shape index (κ1) is 10.3. The van der Waals surface area contributed by atoms with Crippen molar-refractivity contribution in [3.05, 3.63) is 60.4 Å². The van der Waals surface area contributed by atoms with Gasteiger partial charge in [0.15, 0.2) is 0 Å². The molecule has 0 saturated carbocycles. The van der Waals surface area contributed by atoms with Gasteiger partial charge in [-0.3, -0.25) is 9.78 Å². The summed E-state index contributed by atoms with van der Waals surface area (Å²) in [6.45, 7) is 0. The van der Waals surface area contributed by atoms with Crippen molar-refractivity contribution in [2.45, 2.75) is 0 Å². The van der Waals surface area contributed by atoms with Crippen molar-refractivity contribution in [3.63, 3.8) is 0 Å². The summed E-state index contributed by atoms with van der Waals surface area (Å²) < 4.78 is 0. The van der Waals surface area contributed by atoms with Gasteiger partial charge in [0.05, 0.1) is 5.69 Å². The molecule has 0 aliphatic rings. The highest BCUT2D eigenvalue weighted by Gasteiger charge is 1.97. The van der Waals surface area contributed by atoms with E-state index in [1.165, 1.54) is 6.08 Å². The summed E-state index contributed by atoms with van der Waals surface area (Å²) >= 11 is 0. The lowest BCUT2D eigenvalue weighted by atomic mass is 10.1. The molecule has 0 amide bonds. The molecule has 0 unspecified atom stereocenters. The number of carbonyl (C=O) groups excluding carboxylic acids is 1. The van der Waals surface area contributed by atoms with Crippen LogP contribution in [0.3, 0.4) is 0 Å². The maximum absolute atomic E-state index is 10.2. The van der Waals surface area contributed by atoms with E-state index >= 15 is 0 Å². The quantitative estimate of drug-likeness (QED) is 0.574. The molecule has 0 atom stereocenters. The predicted molar refractivity (Wildman–Crippen MR) is 64.8 cm³/mol. The molecule has 2 aromatic rings. The minimum Gasteiger partial charge on any atom is -0.299 e. The molecule has 1 aromatic heterocycles. The van der Waals surface area contributed by atoms with E-state index in [0.29, 0.717) is 0 Å². The van der Waals surface area contributed by atoms with Crippen molar-refractivity contribution in [1.29, 1.82) is 0 Å². The van der Waals surface area contributed by atoms with E-state index in [9.17, 15) is 4.79 Å². The molecular weight excluding hydrogens is 198 g/mol. The van der Waals surface area contributed by atoms with E-state index in [2.05, 4.69) is 4.98 Å². The highest BCUT2D eigenvalue weighted by atomic mass is 16.1. The molecule has 0 spiro atoms. The number of nitrogens with zero attached hydrogens (tertiary/aromatic N) is 1. The number of aromatic nitrogens is 1. The normalized spacial score (nSPS) is 10.5. The van der Waals surface area contributed by atoms with Gasteiger partial charge in [0.1, 0.15) is 6.29 Å². The Balaban J connectivity index is 2.36. The van der Waals surface area contributed by atoms with E-state index in [-0.39, 0.29) is 0 Å². The Bertz CT molecular complexity index is 503. The minimum absolute atomic E-state index is 0.747. The third-order valence-electron chi connectivity index (χ3n) is 2.23. The molecule has 1 heterocycles. The molecular formula is C14H11NO. The maximum Gasteiger partial charge on any atom is 0.142 e. The fraction of sp³-hybridized carbons (Fsp3) is 0. The highest BCUT2D eigenvalue weighted by molar-refractivity contribution is 5.74.